The van der Waals surface area contributed by atoms with Gasteiger partial charge in [0.1, 0.15) is 0 Å². The third-order valence-corrected chi connectivity index (χ3v) is 3.22. The minimum Gasteiger partial charge on any atom is -0.325 e. The molecule has 0 saturated carbocycles. The summed E-state index contributed by atoms with van der Waals surface area (Å²) in [5, 5.41) is 0. The Morgan fingerprint density at radius 2 is 2.12 bits per heavy atom. The normalized spacial score (nSPS) is 12.3. The highest BCUT2D eigenvalue weighted by Crippen LogP contribution is 2.28. The number of halogens is 1. The van der Waals surface area contributed by atoms with Crippen molar-refractivity contribution >= 4 is 21.6 Å². The summed E-state index contributed by atoms with van der Waals surface area (Å²) in [6.07, 6.45) is 2.00. The molecular formula is C12H16BrN3. The lowest BCUT2D eigenvalue weighted by molar-refractivity contribution is 0.564. The lowest BCUT2D eigenvalue weighted by Gasteiger charge is -2.17. The van der Waals surface area contributed by atoms with Crippen LogP contribution in [0.5, 0.6) is 0 Å². The van der Waals surface area contributed by atoms with Crippen molar-refractivity contribution in [3.05, 3.63) is 34.2 Å². The molecule has 0 aliphatic carbocycles. The van der Waals surface area contributed by atoms with E-state index in [0.29, 0.717) is 6.54 Å². The summed E-state index contributed by atoms with van der Waals surface area (Å²) in [6, 6.07) is 3.99. The summed E-state index contributed by atoms with van der Waals surface area (Å²) in [4.78, 5) is 4.69. The Labute approximate surface area is 104 Å². The molecule has 4 heteroatoms. The van der Waals surface area contributed by atoms with Gasteiger partial charge in [-0.25, -0.2) is 4.98 Å². The molecule has 2 heterocycles. The van der Waals surface area contributed by atoms with Crippen LogP contribution in [0.3, 0.4) is 0 Å². The van der Waals surface area contributed by atoms with E-state index in [2.05, 4.69) is 41.1 Å². The van der Waals surface area contributed by atoms with Gasteiger partial charge in [0, 0.05) is 18.2 Å². The number of rotatable bonds is 1. The summed E-state index contributed by atoms with van der Waals surface area (Å²) in [5.74, 6) is 0. The molecule has 2 aromatic rings. The van der Waals surface area contributed by atoms with E-state index < -0.39 is 0 Å². The van der Waals surface area contributed by atoms with Crippen molar-refractivity contribution in [2.24, 2.45) is 5.73 Å². The van der Waals surface area contributed by atoms with Crippen LogP contribution in [-0.2, 0) is 12.0 Å². The van der Waals surface area contributed by atoms with E-state index in [1.807, 2.05) is 18.3 Å². The zero-order chi connectivity index (χ0) is 11.9. The average Bonchev–Trinajstić information content (AvgIpc) is 2.57. The Balaban J connectivity index is 2.81. The SMILES string of the molecule is CC(C)(C)c1nc2c(Br)cccn2c1CN. The van der Waals surface area contributed by atoms with E-state index in [1.54, 1.807) is 0 Å². The summed E-state index contributed by atoms with van der Waals surface area (Å²) < 4.78 is 3.06. The van der Waals surface area contributed by atoms with E-state index in [9.17, 15) is 0 Å². The van der Waals surface area contributed by atoms with Gasteiger partial charge in [0.15, 0.2) is 5.65 Å². The van der Waals surface area contributed by atoms with Gasteiger partial charge in [0.2, 0.25) is 0 Å². The molecule has 0 atom stereocenters. The van der Waals surface area contributed by atoms with Crippen LogP contribution in [0.2, 0.25) is 0 Å². The van der Waals surface area contributed by atoms with Crippen LogP contribution >= 0.6 is 15.9 Å². The third-order valence-electron chi connectivity index (χ3n) is 2.61. The second-order valence-corrected chi connectivity index (χ2v) is 5.77. The van der Waals surface area contributed by atoms with Crippen LogP contribution < -0.4 is 5.73 Å². The molecule has 2 N–H and O–H groups in total. The van der Waals surface area contributed by atoms with E-state index in [1.165, 1.54) is 0 Å². The van der Waals surface area contributed by atoms with Crippen LogP contribution in [0.15, 0.2) is 22.8 Å². The molecule has 0 radical (unpaired) electrons. The van der Waals surface area contributed by atoms with Gasteiger partial charge >= 0.3 is 0 Å². The fraction of sp³-hybridized carbons (Fsp3) is 0.417. The Bertz CT molecular complexity index is 523. The predicted octanol–water partition coefficient (Wildman–Crippen LogP) is 2.85. The van der Waals surface area contributed by atoms with E-state index in [-0.39, 0.29) is 5.41 Å². The molecule has 3 nitrogen and oxygen atoms in total. The Morgan fingerprint density at radius 3 is 2.69 bits per heavy atom. The van der Waals surface area contributed by atoms with Crippen molar-refractivity contribution < 1.29 is 0 Å². The van der Waals surface area contributed by atoms with Crippen molar-refractivity contribution in [1.29, 1.82) is 0 Å². The summed E-state index contributed by atoms with van der Waals surface area (Å²) >= 11 is 3.52. The first-order valence-corrected chi connectivity index (χ1v) is 6.10. The molecule has 0 fully saturated rings. The minimum absolute atomic E-state index is 0.0141. The summed E-state index contributed by atoms with van der Waals surface area (Å²) in [5.41, 5.74) is 8.94. The molecule has 0 unspecified atom stereocenters. The maximum absolute atomic E-state index is 5.83. The number of nitrogens with two attached hydrogens (primary N) is 1. The number of fused-ring (bicyclic) bond motifs is 1. The van der Waals surface area contributed by atoms with Crippen LogP contribution in [0.4, 0.5) is 0 Å². The first kappa shape index (κ1) is 11.6. The molecule has 2 rings (SSSR count). The second-order valence-electron chi connectivity index (χ2n) is 4.91. The number of hydrogen-bond acceptors (Lipinski definition) is 2. The van der Waals surface area contributed by atoms with Crippen LogP contribution in [0.1, 0.15) is 32.2 Å². The Morgan fingerprint density at radius 1 is 1.44 bits per heavy atom. The molecule has 0 bridgehead atoms. The fourth-order valence-electron chi connectivity index (χ4n) is 1.88. The highest BCUT2D eigenvalue weighted by atomic mass is 79.9. The van der Waals surface area contributed by atoms with Gasteiger partial charge in [0.05, 0.1) is 15.9 Å². The van der Waals surface area contributed by atoms with Gasteiger partial charge < -0.3 is 10.1 Å². The van der Waals surface area contributed by atoms with E-state index in [0.717, 1.165) is 21.5 Å². The molecule has 0 aromatic carbocycles. The number of imidazole rings is 1. The molecule has 2 aromatic heterocycles. The monoisotopic (exact) mass is 281 g/mol. The largest absolute Gasteiger partial charge is 0.325 e. The van der Waals surface area contributed by atoms with E-state index in [4.69, 9.17) is 10.7 Å². The quantitative estimate of drug-likeness (QED) is 0.874. The van der Waals surface area contributed by atoms with Gasteiger partial charge in [-0.15, -0.1) is 0 Å². The number of aromatic nitrogens is 2. The first-order chi connectivity index (χ1) is 7.45. The molecule has 0 aliphatic heterocycles. The van der Waals surface area contributed by atoms with Crippen molar-refractivity contribution in [2.75, 3.05) is 0 Å². The van der Waals surface area contributed by atoms with Gasteiger partial charge in [0.25, 0.3) is 0 Å². The average molecular weight is 282 g/mol. The minimum atomic E-state index is 0.0141. The first-order valence-electron chi connectivity index (χ1n) is 5.31. The Hall–Kier alpha value is -0.870. The van der Waals surface area contributed by atoms with Gasteiger partial charge in [-0.3, -0.25) is 0 Å². The maximum Gasteiger partial charge on any atom is 0.151 e. The van der Waals surface area contributed by atoms with Crippen molar-refractivity contribution in [3.8, 4) is 0 Å². The highest BCUT2D eigenvalue weighted by Gasteiger charge is 2.23. The standard InChI is InChI=1S/C12H16BrN3/c1-12(2,3)10-9(7-14)16-6-4-5-8(13)11(16)15-10/h4-6H,7,14H2,1-3H3. The Kier molecular flexibility index (Phi) is 2.80. The lowest BCUT2D eigenvalue weighted by atomic mass is 9.91. The van der Waals surface area contributed by atoms with Gasteiger partial charge in [-0.2, -0.15) is 0 Å². The van der Waals surface area contributed by atoms with Crippen molar-refractivity contribution in [3.63, 3.8) is 0 Å². The topological polar surface area (TPSA) is 43.3 Å². The third kappa shape index (κ3) is 1.76. The molecule has 86 valence electrons. The number of pyridine rings is 1. The predicted molar refractivity (Wildman–Crippen MR) is 69.5 cm³/mol. The molecular weight excluding hydrogens is 266 g/mol. The molecule has 0 aliphatic rings. The van der Waals surface area contributed by atoms with Crippen molar-refractivity contribution in [2.45, 2.75) is 32.7 Å². The molecule has 0 amide bonds. The molecule has 0 spiro atoms. The zero-order valence-electron chi connectivity index (χ0n) is 9.79. The fourth-order valence-corrected chi connectivity index (χ4v) is 2.31. The summed E-state index contributed by atoms with van der Waals surface area (Å²) in [6.45, 7) is 6.97. The van der Waals surface area contributed by atoms with Gasteiger partial charge in [-0.1, -0.05) is 20.8 Å². The number of hydrogen-bond donors (Lipinski definition) is 1. The van der Waals surface area contributed by atoms with Crippen molar-refractivity contribution in [1.82, 2.24) is 9.38 Å². The molecule has 16 heavy (non-hydrogen) atoms. The summed E-state index contributed by atoms with van der Waals surface area (Å²) in [7, 11) is 0. The smallest absolute Gasteiger partial charge is 0.151 e. The highest BCUT2D eigenvalue weighted by molar-refractivity contribution is 9.10. The maximum atomic E-state index is 5.83. The zero-order valence-corrected chi connectivity index (χ0v) is 11.4. The second kappa shape index (κ2) is 3.86. The lowest BCUT2D eigenvalue weighted by Crippen LogP contribution is -2.16. The van der Waals surface area contributed by atoms with Crippen LogP contribution in [-0.4, -0.2) is 9.38 Å². The van der Waals surface area contributed by atoms with Crippen LogP contribution in [0, 0.1) is 0 Å². The van der Waals surface area contributed by atoms with Crippen LogP contribution in [0.25, 0.3) is 5.65 Å². The van der Waals surface area contributed by atoms with Gasteiger partial charge in [-0.05, 0) is 28.1 Å². The van der Waals surface area contributed by atoms with E-state index >= 15 is 0 Å². The number of nitrogens with zero attached hydrogens (tertiary/aromatic N) is 2. The molecule has 0 saturated heterocycles.